The Labute approximate surface area is 98.4 Å². The first kappa shape index (κ1) is 11.3. The van der Waals surface area contributed by atoms with Crippen LogP contribution in [0.25, 0.3) is 0 Å². The molecule has 2 rings (SSSR count). The van der Waals surface area contributed by atoms with Crippen molar-refractivity contribution in [1.29, 1.82) is 0 Å². The molecule has 1 saturated heterocycles. The van der Waals surface area contributed by atoms with Crippen molar-refractivity contribution >= 4 is 11.4 Å². The summed E-state index contributed by atoms with van der Waals surface area (Å²) in [5.41, 5.74) is 9.30. The van der Waals surface area contributed by atoms with Gasteiger partial charge in [-0.3, -0.25) is 0 Å². The van der Waals surface area contributed by atoms with Gasteiger partial charge in [-0.25, -0.2) is 0 Å². The Morgan fingerprint density at radius 1 is 1.19 bits per heavy atom. The lowest BCUT2D eigenvalue weighted by Gasteiger charge is -2.37. The van der Waals surface area contributed by atoms with Crippen LogP contribution >= 0.6 is 0 Å². The van der Waals surface area contributed by atoms with Crippen molar-refractivity contribution in [1.82, 2.24) is 0 Å². The van der Waals surface area contributed by atoms with E-state index < -0.39 is 0 Å². The first-order chi connectivity index (χ1) is 7.56. The minimum atomic E-state index is 0.792. The van der Waals surface area contributed by atoms with Crippen molar-refractivity contribution in [3.05, 3.63) is 23.8 Å². The SMILES string of the molecule is Cc1cc(N)ccc1N1C[C@@H](C)C[C@H](C)C1. The van der Waals surface area contributed by atoms with Gasteiger partial charge in [0.15, 0.2) is 0 Å². The van der Waals surface area contributed by atoms with Crippen molar-refractivity contribution in [3.63, 3.8) is 0 Å². The molecular weight excluding hydrogens is 196 g/mol. The van der Waals surface area contributed by atoms with Gasteiger partial charge in [0.05, 0.1) is 0 Å². The van der Waals surface area contributed by atoms with E-state index in [1.54, 1.807) is 0 Å². The second-order valence-electron chi connectivity index (χ2n) is 5.40. The summed E-state index contributed by atoms with van der Waals surface area (Å²) >= 11 is 0. The van der Waals surface area contributed by atoms with Crippen molar-refractivity contribution < 1.29 is 0 Å². The molecule has 1 heterocycles. The third-order valence-corrected chi connectivity index (χ3v) is 3.43. The lowest BCUT2D eigenvalue weighted by molar-refractivity contribution is 0.356. The number of piperidine rings is 1. The standard InChI is InChI=1S/C14H22N2/c1-10-6-11(2)9-16(8-10)14-5-4-13(15)7-12(14)3/h4-5,7,10-11H,6,8-9,15H2,1-3H3/t10-,11-/m0/s1. The number of anilines is 2. The minimum absolute atomic E-state index is 0.792. The average molecular weight is 218 g/mol. The molecule has 0 spiro atoms. The minimum Gasteiger partial charge on any atom is -0.399 e. The van der Waals surface area contributed by atoms with Crippen molar-refractivity contribution in [2.45, 2.75) is 27.2 Å². The highest BCUT2D eigenvalue weighted by Gasteiger charge is 2.22. The largest absolute Gasteiger partial charge is 0.399 e. The Kier molecular flexibility index (Phi) is 3.08. The van der Waals surface area contributed by atoms with Gasteiger partial charge in [-0.1, -0.05) is 13.8 Å². The van der Waals surface area contributed by atoms with E-state index in [-0.39, 0.29) is 0 Å². The summed E-state index contributed by atoms with van der Waals surface area (Å²) in [6.07, 6.45) is 1.35. The summed E-state index contributed by atoms with van der Waals surface area (Å²) in [7, 11) is 0. The fourth-order valence-electron chi connectivity index (χ4n) is 2.89. The van der Waals surface area contributed by atoms with Crippen LogP contribution in [0, 0.1) is 18.8 Å². The number of hydrogen-bond acceptors (Lipinski definition) is 2. The highest BCUT2D eigenvalue weighted by atomic mass is 15.1. The highest BCUT2D eigenvalue weighted by molar-refractivity contribution is 5.59. The first-order valence-electron chi connectivity index (χ1n) is 6.17. The van der Waals surface area contributed by atoms with Gasteiger partial charge < -0.3 is 10.6 Å². The number of hydrogen-bond donors (Lipinski definition) is 1. The molecule has 2 atom stereocenters. The maximum Gasteiger partial charge on any atom is 0.0397 e. The Balaban J connectivity index is 2.23. The van der Waals surface area contributed by atoms with Crippen LogP contribution in [0.4, 0.5) is 11.4 Å². The van der Waals surface area contributed by atoms with E-state index in [2.05, 4.69) is 37.8 Å². The molecule has 1 aromatic carbocycles. The van der Waals surface area contributed by atoms with Crippen LogP contribution in [0.5, 0.6) is 0 Å². The number of nitrogens with zero attached hydrogens (tertiary/aromatic N) is 1. The monoisotopic (exact) mass is 218 g/mol. The highest BCUT2D eigenvalue weighted by Crippen LogP contribution is 2.29. The molecule has 0 saturated carbocycles. The van der Waals surface area contributed by atoms with Crippen LogP contribution in [-0.2, 0) is 0 Å². The third-order valence-electron chi connectivity index (χ3n) is 3.43. The quantitative estimate of drug-likeness (QED) is 0.734. The summed E-state index contributed by atoms with van der Waals surface area (Å²) in [5, 5.41) is 0. The Morgan fingerprint density at radius 2 is 1.81 bits per heavy atom. The summed E-state index contributed by atoms with van der Waals surface area (Å²) < 4.78 is 0. The average Bonchev–Trinajstić information content (AvgIpc) is 2.15. The Morgan fingerprint density at radius 3 is 2.38 bits per heavy atom. The molecular formula is C14H22N2. The molecule has 0 amide bonds. The van der Waals surface area contributed by atoms with Gasteiger partial charge in [-0.15, -0.1) is 0 Å². The topological polar surface area (TPSA) is 29.3 Å². The molecule has 88 valence electrons. The number of benzene rings is 1. The molecule has 0 radical (unpaired) electrons. The Hall–Kier alpha value is -1.18. The van der Waals surface area contributed by atoms with Gasteiger partial charge >= 0.3 is 0 Å². The van der Waals surface area contributed by atoms with E-state index in [0.717, 1.165) is 17.5 Å². The van der Waals surface area contributed by atoms with Crippen LogP contribution in [0.15, 0.2) is 18.2 Å². The molecule has 1 aromatic rings. The molecule has 0 unspecified atom stereocenters. The molecule has 1 fully saturated rings. The van der Waals surface area contributed by atoms with Gasteiger partial charge in [0.25, 0.3) is 0 Å². The van der Waals surface area contributed by atoms with Crippen LogP contribution in [0.3, 0.4) is 0 Å². The zero-order valence-corrected chi connectivity index (χ0v) is 10.5. The molecule has 1 aliphatic rings. The second kappa shape index (κ2) is 4.36. The van der Waals surface area contributed by atoms with Gasteiger partial charge in [0, 0.05) is 24.5 Å². The van der Waals surface area contributed by atoms with Crippen LogP contribution in [0.1, 0.15) is 25.8 Å². The van der Waals surface area contributed by atoms with E-state index in [4.69, 9.17) is 5.73 Å². The van der Waals surface area contributed by atoms with E-state index >= 15 is 0 Å². The predicted molar refractivity (Wildman–Crippen MR) is 70.7 cm³/mol. The zero-order chi connectivity index (χ0) is 11.7. The van der Waals surface area contributed by atoms with E-state index in [0.29, 0.717) is 0 Å². The molecule has 2 heteroatoms. The normalized spacial score (nSPS) is 25.8. The van der Waals surface area contributed by atoms with Gasteiger partial charge in [-0.05, 0) is 48.9 Å². The van der Waals surface area contributed by atoms with Gasteiger partial charge in [0.1, 0.15) is 0 Å². The van der Waals surface area contributed by atoms with Crippen molar-refractivity contribution in [2.24, 2.45) is 11.8 Å². The maximum atomic E-state index is 5.79. The molecule has 2 N–H and O–H groups in total. The zero-order valence-electron chi connectivity index (χ0n) is 10.5. The van der Waals surface area contributed by atoms with E-state index in [9.17, 15) is 0 Å². The van der Waals surface area contributed by atoms with Gasteiger partial charge in [0.2, 0.25) is 0 Å². The number of rotatable bonds is 1. The summed E-state index contributed by atoms with van der Waals surface area (Å²) in [6.45, 7) is 9.18. The van der Waals surface area contributed by atoms with E-state index in [1.807, 2.05) is 6.07 Å². The molecule has 16 heavy (non-hydrogen) atoms. The third kappa shape index (κ3) is 2.31. The molecule has 0 aromatic heterocycles. The molecule has 0 aliphatic carbocycles. The summed E-state index contributed by atoms with van der Waals surface area (Å²) in [6, 6.07) is 6.24. The lowest BCUT2D eigenvalue weighted by atomic mass is 9.91. The number of nitrogens with two attached hydrogens (primary N) is 1. The summed E-state index contributed by atoms with van der Waals surface area (Å²) in [4.78, 5) is 2.51. The van der Waals surface area contributed by atoms with Crippen LogP contribution in [-0.4, -0.2) is 13.1 Å². The van der Waals surface area contributed by atoms with Crippen LogP contribution < -0.4 is 10.6 Å². The smallest absolute Gasteiger partial charge is 0.0397 e. The molecule has 1 aliphatic heterocycles. The van der Waals surface area contributed by atoms with Crippen LogP contribution in [0.2, 0.25) is 0 Å². The lowest BCUT2D eigenvalue weighted by Crippen LogP contribution is -2.39. The number of nitrogen functional groups attached to an aromatic ring is 1. The van der Waals surface area contributed by atoms with Gasteiger partial charge in [-0.2, -0.15) is 0 Å². The van der Waals surface area contributed by atoms with Crippen molar-refractivity contribution in [2.75, 3.05) is 23.7 Å². The maximum absolute atomic E-state index is 5.79. The molecule has 2 nitrogen and oxygen atoms in total. The molecule has 0 bridgehead atoms. The van der Waals surface area contributed by atoms with Crippen molar-refractivity contribution in [3.8, 4) is 0 Å². The Bertz CT molecular complexity index is 363. The fraction of sp³-hybridized carbons (Fsp3) is 0.571. The fourth-order valence-corrected chi connectivity index (χ4v) is 2.89. The first-order valence-corrected chi connectivity index (χ1v) is 6.17. The summed E-state index contributed by atoms with van der Waals surface area (Å²) in [5.74, 6) is 1.58. The second-order valence-corrected chi connectivity index (χ2v) is 5.40. The number of aryl methyl sites for hydroxylation is 1. The predicted octanol–water partition coefficient (Wildman–Crippen LogP) is 3.06. The van der Waals surface area contributed by atoms with E-state index in [1.165, 1.54) is 30.8 Å².